The van der Waals surface area contributed by atoms with E-state index in [0.29, 0.717) is 5.92 Å². The Hall–Kier alpha value is -2.01. The van der Waals surface area contributed by atoms with Gasteiger partial charge in [-0.15, -0.1) is 11.3 Å². The van der Waals surface area contributed by atoms with Crippen molar-refractivity contribution in [2.45, 2.75) is 20.3 Å². The summed E-state index contributed by atoms with van der Waals surface area (Å²) in [6.07, 6.45) is 2.79. The SMILES string of the molecule is CNc1cc(CC(C)C)nc(-c2cnc3ccsc3c2)n1. The second-order valence-electron chi connectivity index (χ2n) is 5.44. The van der Waals surface area contributed by atoms with Crippen molar-refractivity contribution in [1.82, 2.24) is 15.0 Å². The number of thiophene rings is 1. The molecule has 0 aliphatic carbocycles. The summed E-state index contributed by atoms with van der Waals surface area (Å²) in [5.41, 5.74) is 3.05. The molecule has 0 fully saturated rings. The lowest BCUT2D eigenvalue weighted by atomic mass is 10.1. The van der Waals surface area contributed by atoms with E-state index in [1.807, 2.05) is 25.4 Å². The van der Waals surface area contributed by atoms with E-state index < -0.39 is 0 Å². The summed E-state index contributed by atoms with van der Waals surface area (Å²) >= 11 is 1.69. The van der Waals surface area contributed by atoms with Gasteiger partial charge in [0, 0.05) is 30.6 Å². The van der Waals surface area contributed by atoms with Crippen molar-refractivity contribution in [3.05, 3.63) is 35.5 Å². The molecule has 5 heteroatoms. The lowest BCUT2D eigenvalue weighted by molar-refractivity contribution is 0.635. The number of hydrogen-bond acceptors (Lipinski definition) is 5. The molecule has 1 N–H and O–H groups in total. The maximum absolute atomic E-state index is 4.70. The molecule has 3 aromatic heterocycles. The Morgan fingerprint density at radius 3 is 2.86 bits per heavy atom. The summed E-state index contributed by atoms with van der Waals surface area (Å²) in [6, 6.07) is 6.15. The van der Waals surface area contributed by atoms with E-state index in [1.54, 1.807) is 11.3 Å². The number of pyridine rings is 1. The fraction of sp³-hybridized carbons (Fsp3) is 0.312. The highest BCUT2D eigenvalue weighted by atomic mass is 32.1. The first-order chi connectivity index (χ1) is 10.2. The van der Waals surface area contributed by atoms with E-state index in [-0.39, 0.29) is 0 Å². The highest BCUT2D eigenvalue weighted by molar-refractivity contribution is 7.17. The van der Waals surface area contributed by atoms with Crippen molar-refractivity contribution in [3.63, 3.8) is 0 Å². The molecule has 21 heavy (non-hydrogen) atoms. The molecule has 4 nitrogen and oxygen atoms in total. The highest BCUT2D eigenvalue weighted by Crippen LogP contribution is 2.25. The normalized spacial score (nSPS) is 11.2. The van der Waals surface area contributed by atoms with Crippen LogP contribution in [0, 0.1) is 5.92 Å². The molecule has 0 saturated carbocycles. The molecule has 3 aromatic rings. The van der Waals surface area contributed by atoms with Gasteiger partial charge in [0.2, 0.25) is 0 Å². The number of nitrogens with one attached hydrogen (secondary N) is 1. The average Bonchev–Trinajstić information content (AvgIpc) is 2.93. The lowest BCUT2D eigenvalue weighted by Gasteiger charge is -2.09. The molecule has 0 aliphatic heterocycles. The maximum atomic E-state index is 4.70. The topological polar surface area (TPSA) is 50.7 Å². The maximum Gasteiger partial charge on any atom is 0.163 e. The van der Waals surface area contributed by atoms with Crippen molar-refractivity contribution in [1.29, 1.82) is 0 Å². The highest BCUT2D eigenvalue weighted by Gasteiger charge is 2.09. The van der Waals surface area contributed by atoms with Crippen molar-refractivity contribution in [2.75, 3.05) is 12.4 Å². The van der Waals surface area contributed by atoms with Gasteiger partial charge in [-0.2, -0.15) is 0 Å². The summed E-state index contributed by atoms with van der Waals surface area (Å²) in [7, 11) is 1.88. The zero-order valence-corrected chi connectivity index (χ0v) is 13.2. The Balaban J connectivity index is 2.06. The molecule has 0 aromatic carbocycles. The molecule has 3 heterocycles. The quantitative estimate of drug-likeness (QED) is 0.791. The molecule has 0 spiro atoms. The summed E-state index contributed by atoms with van der Waals surface area (Å²) < 4.78 is 1.16. The van der Waals surface area contributed by atoms with E-state index in [2.05, 4.69) is 40.6 Å². The average molecular weight is 298 g/mol. The van der Waals surface area contributed by atoms with Crippen LogP contribution in [0.1, 0.15) is 19.5 Å². The number of anilines is 1. The molecular weight excluding hydrogens is 280 g/mol. The van der Waals surface area contributed by atoms with Gasteiger partial charge in [0.25, 0.3) is 0 Å². The number of rotatable bonds is 4. The Morgan fingerprint density at radius 1 is 1.24 bits per heavy atom. The van der Waals surface area contributed by atoms with Gasteiger partial charge < -0.3 is 5.32 Å². The van der Waals surface area contributed by atoms with Crippen LogP contribution in [0.25, 0.3) is 21.6 Å². The van der Waals surface area contributed by atoms with Crippen LogP contribution in [0.3, 0.4) is 0 Å². The van der Waals surface area contributed by atoms with Gasteiger partial charge in [-0.3, -0.25) is 4.98 Å². The van der Waals surface area contributed by atoms with E-state index in [1.165, 1.54) is 0 Å². The summed E-state index contributed by atoms with van der Waals surface area (Å²) in [4.78, 5) is 13.7. The van der Waals surface area contributed by atoms with Gasteiger partial charge in [0.15, 0.2) is 5.82 Å². The monoisotopic (exact) mass is 298 g/mol. The molecule has 0 bridgehead atoms. The number of nitrogens with zero attached hydrogens (tertiary/aromatic N) is 3. The minimum absolute atomic E-state index is 0.565. The van der Waals surface area contributed by atoms with Crippen LogP contribution < -0.4 is 5.32 Å². The first kappa shape index (κ1) is 13.9. The number of aromatic nitrogens is 3. The van der Waals surface area contributed by atoms with Crippen molar-refractivity contribution < 1.29 is 0 Å². The minimum atomic E-state index is 0.565. The molecule has 0 saturated heterocycles. The van der Waals surface area contributed by atoms with Gasteiger partial charge in [0.1, 0.15) is 5.82 Å². The van der Waals surface area contributed by atoms with E-state index in [0.717, 1.165) is 39.5 Å². The molecule has 0 atom stereocenters. The van der Waals surface area contributed by atoms with E-state index in [4.69, 9.17) is 4.98 Å². The van der Waals surface area contributed by atoms with Gasteiger partial charge >= 0.3 is 0 Å². The smallest absolute Gasteiger partial charge is 0.163 e. The molecular formula is C16H18N4S. The van der Waals surface area contributed by atoms with Gasteiger partial charge in [0.05, 0.1) is 10.2 Å². The van der Waals surface area contributed by atoms with Gasteiger partial charge in [-0.1, -0.05) is 13.8 Å². The van der Waals surface area contributed by atoms with Crippen LogP contribution in [0.4, 0.5) is 5.82 Å². The summed E-state index contributed by atoms with van der Waals surface area (Å²) in [6.45, 7) is 4.39. The number of hydrogen-bond donors (Lipinski definition) is 1. The van der Waals surface area contributed by atoms with Gasteiger partial charge in [-0.25, -0.2) is 9.97 Å². The minimum Gasteiger partial charge on any atom is -0.373 e. The van der Waals surface area contributed by atoms with Gasteiger partial charge in [-0.05, 0) is 29.9 Å². The Bertz CT molecular complexity index is 764. The van der Waals surface area contributed by atoms with Crippen LogP contribution in [0.2, 0.25) is 0 Å². The molecule has 0 unspecified atom stereocenters. The Morgan fingerprint density at radius 2 is 2.10 bits per heavy atom. The molecule has 0 aliphatic rings. The summed E-state index contributed by atoms with van der Waals surface area (Å²) in [5.74, 6) is 2.15. The standard InChI is InChI=1S/C16H18N4S/c1-10(2)6-12-8-15(17-3)20-16(19-12)11-7-14-13(18-9-11)4-5-21-14/h4-5,7-10H,6H2,1-3H3,(H,17,19,20). The molecule has 0 amide bonds. The van der Waals surface area contributed by atoms with Crippen LogP contribution in [-0.2, 0) is 6.42 Å². The van der Waals surface area contributed by atoms with Crippen molar-refractivity contribution >= 4 is 27.4 Å². The fourth-order valence-electron chi connectivity index (χ4n) is 2.25. The predicted octanol–water partition coefficient (Wildman–Crippen LogP) is 3.99. The van der Waals surface area contributed by atoms with Crippen molar-refractivity contribution in [3.8, 4) is 11.4 Å². The van der Waals surface area contributed by atoms with E-state index in [9.17, 15) is 0 Å². The third kappa shape index (κ3) is 3.03. The van der Waals surface area contributed by atoms with Crippen LogP contribution in [0.5, 0.6) is 0 Å². The first-order valence-corrected chi connectivity index (χ1v) is 7.93. The van der Waals surface area contributed by atoms with Crippen LogP contribution in [-0.4, -0.2) is 22.0 Å². The number of fused-ring (bicyclic) bond motifs is 1. The van der Waals surface area contributed by atoms with Crippen LogP contribution >= 0.6 is 11.3 Å². The Labute approximate surface area is 128 Å². The third-order valence-electron chi connectivity index (χ3n) is 3.21. The zero-order valence-electron chi connectivity index (χ0n) is 12.4. The van der Waals surface area contributed by atoms with Crippen LogP contribution in [0.15, 0.2) is 29.8 Å². The second kappa shape index (κ2) is 5.77. The zero-order chi connectivity index (χ0) is 14.8. The predicted molar refractivity (Wildman–Crippen MR) is 88.7 cm³/mol. The van der Waals surface area contributed by atoms with Crippen molar-refractivity contribution in [2.24, 2.45) is 5.92 Å². The lowest BCUT2D eigenvalue weighted by Crippen LogP contribution is -2.03. The molecule has 0 radical (unpaired) electrons. The Kier molecular flexibility index (Phi) is 3.84. The second-order valence-corrected chi connectivity index (χ2v) is 6.39. The third-order valence-corrected chi connectivity index (χ3v) is 4.07. The molecule has 108 valence electrons. The first-order valence-electron chi connectivity index (χ1n) is 7.05. The summed E-state index contributed by atoms with van der Waals surface area (Å²) in [5, 5.41) is 5.17. The molecule has 3 rings (SSSR count). The fourth-order valence-corrected chi connectivity index (χ4v) is 3.03. The largest absolute Gasteiger partial charge is 0.373 e. The van der Waals surface area contributed by atoms with E-state index >= 15 is 0 Å².